The molecule has 1 fully saturated rings. The van der Waals surface area contributed by atoms with Crippen molar-refractivity contribution in [3.63, 3.8) is 0 Å². The third kappa shape index (κ3) is 5.73. The van der Waals surface area contributed by atoms with Gasteiger partial charge >= 0.3 is 12.1 Å². The van der Waals surface area contributed by atoms with Gasteiger partial charge in [-0.15, -0.1) is 0 Å². The third-order valence-electron chi connectivity index (χ3n) is 4.15. The number of ether oxygens (including phenoxy) is 3. The van der Waals surface area contributed by atoms with E-state index in [0.717, 1.165) is 5.56 Å². The summed E-state index contributed by atoms with van der Waals surface area (Å²) in [6.07, 6.45) is 0.369. The Morgan fingerprint density at radius 3 is 2.42 bits per heavy atom. The molecule has 0 heterocycles. The second-order valence-electron chi connectivity index (χ2n) is 7.70. The third-order valence-corrected chi connectivity index (χ3v) is 4.15. The zero-order valence-corrected chi connectivity index (χ0v) is 16.0. The molecule has 0 bridgehead atoms. The average molecular weight is 363 g/mol. The Labute approximate surface area is 155 Å². The molecule has 1 aliphatic carbocycles. The summed E-state index contributed by atoms with van der Waals surface area (Å²) in [7, 11) is 0. The first kappa shape index (κ1) is 20.2. The molecule has 1 aliphatic rings. The van der Waals surface area contributed by atoms with Crippen LogP contribution in [0.2, 0.25) is 0 Å². The Morgan fingerprint density at radius 2 is 1.85 bits per heavy atom. The van der Waals surface area contributed by atoms with Gasteiger partial charge in [-0.2, -0.15) is 0 Å². The van der Waals surface area contributed by atoms with Crippen LogP contribution in [-0.2, 0) is 25.6 Å². The molecule has 1 saturated carbocycles. The molecule has 1 aromatic rings. The number of benzene rings is 1. The van der Waals surface area contributed by atoms with Gasteiger partial charge in [-0.3, -0.25) is 0 Å². The van der Waals surface area contributed by atoms with Crippen LogP contribution >= 0.6 is 0 Å². The van der Waals surface area contributed by atoms with Crippen LogP contribution in [-0.4, -0.2) is 36.4 Å². The van der Waals surface area contributed by atoms with Crippen LogP contribution in [0.5, 0.6) is 0 Å². The molecule has 6 heteroatoms. The highest BCUT2D eigenvalue weighted by atomic mass is 16.6. The molecule has 2 rings (SSSR count). The fraction of sp³-hybridized carbons (Fsp3) is 0.600. The first-order valence-electron chi connectivity index (χ1n) is 9.04. The summed E-state index contributed by atoms with van der Waals surface area (Å²) >= 11 is 0. The van der Waals surface area contributed by atoms with E-state index in [9.17, 15) is 9.59 Å². The minimum atomic E-state index is -1.01. The number of nitrogens with one attached hydrogen (secondary N) is 1. The maximum atomic E-state index is 12.4. The molecular formula is C20H29NO5. The lowest BCUT2D eigenvalue weighted by molar-refractivity contribution is -0.159. The van der Waals surface area contributed by atoms with Crippen molar-refractivity contribution in [1.29, 1.82) is 0 Å². The normalized spacial score (nSPS) is 22.2. The summed E-state index contributed by atoms with van der Waals surface area (Å²) in [6.45, 7) is 8.43. The van der Waals surface area contributed by atoms with Crippen LogP contribution in [0.3, 0.4) is 0 Å². The van der Waals surface area contributed by atoms with Gasteiger partial charge in [0, 0.05) is 0 Å². The number of rotatable bonds is 7. The second-order valence-corrected chi connectivity index (χ2v) is 7.70. The first-order chi connectivity index (χ1) is 12.2. The summed E-state index contributed by atoms with van der Waals surface area (Å²) in [5.41, 5.74) is -0.531. The molecule has 0 aliphatic heterocycles. The Morgan fingerprint density at radius 1 is 1.19 bits per heavy atom. The van der Waals surface area contributed by atoms with Crippen molar-refractivity contribution < 1.29 is 23.8 Å². The smallest absolute Gasteiger partial charge is 0.408 e. The number of hydrogen-bond donors (Lipinski definition) is 1. The van der Waals surface area contributed by atoms with E-state index in [2.05, 4.69) is 5.32 Å². The molecule has 144 valence electrons. The average Bonchev–Trinajstić information content (AvgIpc) is 2.51. The van der Waals surface area contributed by atoms with E-state index in [1.807, 2.05) is 30.3 Å². The van der Waals surface area contributed by atoms with Gasteiger partial charge in [0.2, 0.25) is 0 Å². The molecule has 1 aromatic carbocycles. The summed E-state index contributed by atoms with van der Waals surface area (Å²) in [5, 5.41) is 2.72. The fourth-order valence-corrected chi connectivity index (χ4v) is 3.05. The number of amides is 1. The number of alkyl carbamates (subject to hydrolysis) is 1. The number of carbonyl (C=O) groups is 2. The molecular weight excluding hydrogens is 334 g/mol. The van der Waals surface area contributed by atoms with E-state index >= 15 is 0 Å². The largest absolute Gasteiger partial charge is 0.464 e. The van der Waals surface area contributed by atoms with E-state index < -0.39 is 23.2 Å². The second kappa shape index (κ2) is 8.54. The molecule has 0 atom stereocenters. The summed E-state index contributed by atoms with van der Waals surface area (Å²) in [4.78, 5) is 24.5. The molecule has 1 N–H and O–H groups in total. The Hall–Kier alpha value is -2.08. The topological polar surface area (TPSA) is 73.9 Å². The van der Waals surface area contributed by atoms with E-state index in [4.69, 9.17) is 14.2 Å². The standard InChI is InChI=1S/C20H29NO5/c1-5-25-17(22)20(21-18(23)26-19(2,3)4)11-16(12-20)14-24-13-15-9-7-6-8-10-15/h6-10,16H,5,11-14H2,1-4H3,(H,21,23). The van der Waals surface area contributed by atoms with Crippen molar-refractivity contribution in [2.45, 2.75) is 58.3 Å². The molecule has 0 spiro atoms. The summed E-state index contributed by atoms with van der Waals surface area (Å²) in [5.74, 6) is -0.219. The van der Waals surface area contributed by atoms with Crippen LogP contribution in [0, 0.1) is 5.92 Å². The van der Waals surface area contributed by atoms with E-state index in [1.165, 1.54) is 0 Å². The van der Waals surface area contributed by atoms with Gasteiger partial charge in [0.05, 0.1) is 19.8 Å². The fourth-order valence-electron chi connectivity index (χ4n) is 3.05. The van der Waals surface area contributed by atoms with Crippen LogP contribution in [0.1, 0.15) is 46.1 Å². The lowest BCUT2D eigenvalue weighted by atomic mass is 9.68. The lowest BCUT2D eigenvalue weighted by Gasteiger charge is -2.45. The van der Waals surface area contributed by atoms with Gasteiger partial charge in [0.15, 0.2) is 0 Å². The van der Waals surface area contributed by atoms with Crippen LogP contribution in [0.4, 0.5) is 4.79 Å². The van der Waals surface area contributed by atoms with Crippen molar-refractivity contribution in [2.75, 3.05) is 13.2 Å². The van der Waals surface area contributed by atoms with Crippen LogP contribution in [0.25, 0.3) is 0 Å². The maximum absolute atomic E-state index is 12.4. The zero-order valence-electron chi connectivity index (χ0n) is 16.0. The van der Waals surface area contributed by atoms with E-state index in [0.29, 0.717) is 26.1 Å². The first-order valence-corrected chi connectivity index (χ1v) is 9.04. The molecule has 0 saturated heterocycles. The molecule has 0 radical (unpaired) electrons. The molecule has 0 unspecified atom stereocenters. The van der Waals surface area contributed by atoms with Gasteiger partial charge in [-0.25, -0.2) is 9.59 Å². The quantitative estimate of drug-likeness (QED) is 0.751. The number of hydrogen-bond acceptors (Lipinski definition) is 5. The molecule has 1 amide bonds. The highest BCUT2D eigenvalue weighted by Crippen LogP contribution is 2.39. The van der Waals surface area contributed by atoms with Gasteiger partial charge in [0.25, 0.3) is 0 Å². The molecule has 6 nitrogen and oxygen atoms in total. The van der Waals surface area contributed by atoms with E-state index in [-0.39, 0.29) is 12.5 Å². The van der Waals surface area contributed by atoms with Crippen molar-refractivity contribution >= 4 is 12.1 Å². The van der Waals surface area contributed by atoms with Gasteiger partial charge in [-0.05, 0) is 52.0 Å². The Balaban J connectivity index is 1.86. The SMILES string of the molecule is CCOC(=O)C1(NC(=O)OC(C)(C)C)CC(COCc2ccccc2)C1. The van der Waals surface area contributed by atoms with Gasteiger partial charge in [-0.1, -0.05) is 30.3 Å². The Kier molecular flexibility index (Phi) is 6.64. The summed E-state index contributed by atoms with van der Waals surface area (Å²) < 4.78 is 16.2. The van der Waals surface area contributed by atoms with Crippen LogP contribution in [0.15, 0.2) is 30.3 Å². The summed E-state index contributed by atoms with van der Waals surface area (Å²) in [6, 6.07) is 9.92. The van der Waals surface area contributed by atoms with E-state index in [1.54, 1.807) is 27.7 Å². The van der Waals surface area contributed by atoms with Crippen molar-refractivity contribution in [2.24, 2.45) is 5.92 Å². The van der Waals surface area contributed by atoms with Crippen molar-refractivity contribution in [1.82, 2.24) is 5.32 Å². The van der Waals surface area contributed by atoms with Gasteiger partial charge in [0.1, 0.15) is 11.1 Å². The number of esters is 1. The highest BCUT2D eigenvalue weighted by molar-refractivity contribution is 5.87. The molecule has 0 aromatic heterocycles. The Bertz CT molecular complexity index is 602. The molecule has 26 heavy (non-hydrogen) atoms. The van der Waals surface area contributed by atoms with Gasteiger partial charge < -0.3 is 19.5 Å². The van der Waals surface area contributed by atoms with Crippen molar-refractivity contribution in [3.05, 3.63) is 35.9 Å². The predicted molar refractivity (Wildman–Crippen MR) is 97.6 cm³/mol. The lowest BCUT2D eigenvalue weighted by Crippen LogP contribution is -2.64. The monoisotopic (exact) mass is 363 g/mol. The van der Waals surface area contributed by atoms with Crippen LogP contribution < -0.4 is 5.32 Å². The zero-order chi connectivity index (χ0) is 19.2. The predicted octanol–water partition coefficient (Wildman–Crippen LogP) is 3.44. The number of carbonyl (C=O) groups excluding carboxylic acids is 2. The minimum Gasteiger partial charge on any atom is -0.464 e. The van der Waals surface area contributed by atoms with Crippen molar-refractivity contribution in [3.8, 4) is 0 Å². The minimum absolute atomic E-state index is 0.193. The maximum Gasteiger partial charge on any atom is 0.408 e. The highest BCUT2D eigenvalue weighted by Gasteiger charge is 2.53.